The molecule has 1 fully saturated rings. The number of benzene rings is 1. The molecule has 1 saturated heterocycles. The van der Waals surface area contributed by atoms with Crippen molar-refractivity contribution < 1.29 is 23.1 Å². The van der Waals surface area contributed by atoms with Crippen LogP contribution in [0.1, 0.15) is 65.9 Å². The highest BCUT2D eigenvalue weighted by molar-refractivity contribution is 5.97. The van der Waals surface area contributed by atoms with E-state index in [1.807, 2.05) is 48.6 Å². The van der Waals surface area contributed by atoms with E-state index in [-0.39, 0.29) is 23.0 Å². The second kappa shape index (κ2) is 11.1. The molecule has 216 valence electrons. The average Bonchev–Trinajstić information content (AvgIpc) is 3.36. The Labute approximate surface area is 240 Å². The third-order valence-electron chi connectivity index (χ3n) is 8.26. The molecule has 2 N–H and O–H groups in total. The molecular weight excluding hydrogens is 545 g/mol. The lowest BCUT2D eigenvalue weighted by Gasteiger charge is -2.35. The molecule has 1 unspecified atom stereocenters. The van der Waals surface area contributed by atoms with Crippen LogP contribution in [0, 0.1) is 11.3 Å². The normalized spacial score (nSPS) is 21.7. The number of fused-ring (bicyclic) bond motifs is 1. The first kappa shape index (κ1) is 27.7. The van der Waals surface area contributed by atoms with Crippen LogP contribution in [0.25, 0.3) is 0 Å². The number of amides is 1. The predicted octanol–water partition coefficient (Wildman–Crippen LogP) is 5.36. The fraction of sp³-hybridized carbons (Fsp3) is 0.355. The molecule has 0 bridgehead atoms. The van der Waals surface area contributed by atoms with Crippen molar-refractivity contribution in [1.82, 2.24) is 14.8 Å². The van der Waals surface area contributed by atoms with Gasteiger partial charge in [0.2, 0.25) is 0 Å². The summed E-state index contributed by atoms with van der Waals surface area (Å²) in [5.74, 6) is -3.86. The first-order valence-electron chi connectivity index (χ1n) is 14.0. The first-order valence-corrected chi connectivity index (χ1v) is 14.0. The summed E-state index contributed by atoms with van der Waals surface area (Å²) in [5.41, 5.74) is 2.97. The minimum Gasteiger partial charge on any atom is -0.382 e. The Morgan fingerprint density at radius 1 is 1.12 bits per heavy atom. The Kier molecular flexibility index (Phi) is 7.33. The van der Waals surface area contributed by atoms with Crippen molar-refractivity contribution in [2.75, 3.05) is 23.3 Å². The van der Waals surface area contributed by atoms with Crippen molar-refractivity contribution in [2.24, 2.45) is 0 Å². The second-order valence-corrected chi connectivity index (χ2v) is 10.8. The van der Waals surface area contributed by atoms with Crippen molar-refractivity contribution in [3.63, 3.8) is 0 Å². The molecule has 0 radical (unpaired) electrons. The molecule has 0 spiro atoms. The fourth-order valence-corrected chi connectivity index (χ4v) is 6.25. The summed E-state index contributed by atoms with van der Waals surface area (Å²) in [6.45, 7) is 1.04. The van der Waals surface area contributed by atoms with Crippen LogP contribution in [0.15, 0.2) is 72.6 Å². The summed E-state index contributed by atoms with van der Waals surface area (Å²) in [5, 5.41) is 27.3. The van der Waals surface area contributed by atoms with Crippen LogP contribution in [0.2, 0.25) is 0 Å². The van der Waals surface area contributed by atoms with Gasteiger partial charge < -0.3 is 15.3 Å². The maximum Gasteiger partial charge on any atom is 0.398 e. The van der Waals surface area contributed by atoms with Gasteiger partial charge in [0.25, 0.3) is 5.91 Å². The highest BCUT2D eigenvalue weighted by atomic mass is 19.4. The number of allylic oxidation sites excluding steroid dienone is 4. The van der Waals surface area contributed by atoms with Crippen molar-refractivity contribution in [3.8, 4) is 6.07 Å². The molecule has 8 nitrogen and oxygen atoms in total. The van der Waals surface area contributed by atoms with Crippen molar-refractivity contribution in [1.29, 1.82) is 5.26 Å². The zero-order valence-corrected chi connectivity index (χ0v) is 22.6. The van der Waals surface area contributed by atoms with E-state index in [0.29, 0.717) is 31.5 Å². The summed E-state index contributed by atoms with van der Waals surface area (Å²) in [6, 6.07) is 12.6. The van der Waals surface area contributed by atoms with Crippen molar-refractivity contribution >= 4 is 17.4 Å². The smallest absolute Gasteiger partial charge is 0.382 e. The van der Waals surface area contributed by atoms with E-state index >= 15 is 0 Å². The minimum absolute atomic E-state index is 0.0234. The summed E-state index contributed by atoms with van der Waals surface area (Å²) in [4.78, 5) is 19.0. The number of aromatic nitrogens is 3. The van der Waals surface area contributed by atoms with E-state index in [1.165, 1.54) is 10.9 Å². The molecular formula is C31H29F3N6O2. The van der Waals surface area contributed by atoms with Gasteiger partial charge >= 0.3 is 6.18 Å². The number of nitriles is 1. The summed E-state index contributed by atoms with van der Waals surface area (Å²) in [7, 11) is 0. The van der Waals surface area contributed by atoms with Gasteiger partial charge in [0.1, 0.15) is 30.0 Å². The molecule has 6 rings (SSSR count). The van der Waals surface area contributed by atoms with Gasteiger partial charge in [-0.25, -0.2) is 4.68 Å². The maximum absolute atomic E-state index is 14.6. The third-order valence-corrected chi connectivity index (χ3v) is 8.26. The molecule has 42 heavy (non-hydrogen) atoms. The number of carbonyl (C=O) groups is 1. The van der Waals surface area contributed by atoms with Gasteiger partial charge in [0.05, 0.1) is 23.1 Å². The van der Waals surface area contributed by atoms with E-state index in [4.69, 9.17) is 5.10 Å². The number of pyridine rings is 1. The zero-order valence-electron chi connectivity index (χ0n) is 22.6. The number of anilines is 2. The lowest BCUT2D eigenvalue weighted by atomic mass is 9.82. The summed E-state index contributed by atoms with van der Waals surface area (Å²) in [6.07, 6.45) is 4.65. The molecule has 3 aliphatic rings. The average molecular weight is 575 g/mol. The number of aliphatic hydroxyl groups excluding tert-OH is 1. The van der Waals surface area contributed by atoms with Gasteiger partial charge in [0, 0.05) is 30.8 Å². The number of hydrogen-bond acceptors (Lipinski definition) is 6. The zero-order chi connectivity index (χ0) is 29.4. The van der Waals surface area contributed by atoms with Crippen LogP contribution in [-0.2, 0) is 4.79 Å². The molecule has 2 aromatic heterocycles. The molecule has 1 amide bonds. The van der Waals surface area contributed by atoms with E-state index in [2.05, 4.69) is 21.3 Å². The molecule has 0 saturated carbocycles. The van der Waals surface area contributed by atoms with Crippen molar-refractivity contribution in [3.05, 3.63) is 95.0 Å². The van der Waals surface area contributed by atoms with Crippen LogP contribution < -0.4 is 10.2 Å². The molecule has 4 heterocycles. The number of alkyl halides is 3. The van der Waals surface area contributed by atoms with Crippen LogP contribution in [0.3, 0.4) is 0 Å². The summed E-state index contributed by atoms with van der Waals surface area (Å²) >= 11 is 0. The van der Waals surface area contributed by atoms with Gasteiger partial charge in [-0.3, -0.25) is 9.78 Å². The fourth-order valence-electron chi connectivity index (χ4n) is 6.25. The van der Waals surface area contributed by atoms with Crippen LogP contribution in [0.4, 0.5) is 24.7 Å². The number of piperidine rings is 1. The molecule has 11 heteroatoms. The number of carbonyl (C=O) groups excluding carboxylic acids is 1. The number of nitrogens with one attached hydrogen (secondary N) is 1. The van der Waals surface area contributed by atoms with Gasteiger partial charge in [-0.2, -0.15) is 23.5 Å². The van der Waals surface area contributed by atoms with Crippen LogP contribution in [-0.4, -0.2) is 51.1 Å². The highest BCUT2D eigenvalue weighted by Gasteiger charge is 2.55. The predicted molar refractivity (Wildman–Crippen MR) is 150 cm³/mol. The van der Waals surface area contributed by atoms with E-state index in [1.54, 1.807) is 12.3 Å². The lowest BCUT2D eigenvalue weighted by Crippen LogP contribution is -2.45. The van der Waals surface area contributed by atoms with E-state index < -0.39 is 30.1 Å². The maximum atomic E-state index is 14.6. The lowest BCUT2D eigenvalue weighted by molar-refractivity contribution is -0.177. The number of aliphatic hydroxyl groups is 1. The summed E-state index contributed by atoms with van der Waals surface area (Å²) < 4.78 is 45.3. The van der Waals surface area contributed by atoms with Crippen LogP contribution in [0.5, 0.6) is 0 Å². The number of hydrogen-bond donors (Lipinski definition) is 2. The minimum atomic E-state index is -4.87. The van der Waals surface area contributed by atoms with Gasteiger partial charge in [0.15, 0.2) is 0 Å². The molecule has 1 aliphatic carbocycles. The third kappa shape index (κ3) is 5.07. The number of rotatable bonds is 5. The quantitative estimate of drug-likeness (QED) is 0.425. The highest BCUT2D eigenvalue weighted by Crippen LogP contribution is 2.49. The van der Waals surface area contributed by atoms with E-state index in [9.17, 15) is 28.3 Å². The van der Waals surface area contributed by atoms with E-state index in [0.717, 1.165) is 29.7 Å². The molecule has 3 atom stereocenters. The molecule has 1 aromatic carbocycles. The second-order valence-electron chi connectivity index (χ2n) is 10.8. The Balaban J connectivity index is 1.45. The van der Waals surface area contributed by atoms with Gasteiger partial charge in [-0.1, -0.05) is 48.6 Å². The standard InChI is InChI=1S/C31H29F3N6O2/c32-31(33,34)25-24-26(20-11-13-39(14-12-20)23-15-19(16-35)17-36-18-23)38-40(29(24)37-30(42)28(25)41)27(21-7-3-1-4-8-21)22-9-5-2-6-10-22/h1,3-5,7-10,15,17-18,20,25,27-28,41H,2,6,11-14H2,(H,37,42)/t25-,27?,28-/m1/s1. The topological polar surface area (TPSA) is 107 Å². The van der Waals surface area contributed by atoms with Crippen molar-refractivity contribution in [2.45, 2.75) is 55.8 Å². The first-order chi connectivity index (χ1) is 20.3. The number of nitrogens with zero attached hydrogens (tertiary/aromatic N) is 5. The monoisotopic (exact) mass is 574 g/mol. The Morgan fingerprint density at radius 2 is 1.88 bits per heavy atom. The SMILES string of the molecule is N#Cc1cncc(N2CCC(c3nn(C(C4=CCCC=C4)c4ccccc4)c4c3[C@@H](C(F)(F)F)[C@@H](O)C(=O)N4)CC2)c1. The molecule has 3 aromatic rings. The molecule has 2 aliphatic heterocycles. The van der Waals surface area contributed by atoms with Crippen LogP contribution >= 0.6 is 0 Å². The Hall–Kier alpha value is -4.43. The Bertz CT molecular complexity index is 1580. The van der Waals surface area contributed by atoms with Gasteiger partial charge in [-0.05, 0) is 42.9 Å². The van der Waals surface area contributed by atoms with Gasteiger partial charge in [-0.15, -0.1) is 0 Å². The largest absolute Gasteiger partial charge is 0.398 e. The number of halogens is 3. The Morgan fingerprint density at radius 3 is 2.55 bits per heavy atom.